The number of hydrogen-bond acceptors (Lipinski definition) is 3. The molecule has 0 saturated carbocycles. The highest BCUT2D eigenvalue weighted by Gasteiger charge is 2.06. The molecule has 4 nitrogen and oxygen atoms in total. The van der Waals surface area contributed by atoms with Crippen molar-refractivity contribution in [1.29, 1.82) is 0 Å². The van der Waals surface area contributed by atoms with Crippen LogP contribution in [-0.2, 0) is 6.61 Å². The number of amides is 1. The Morgan fingerprint density at radius 3 is 2.68 bits per heavy atom. The van der Waals surface area contributed by atoms with Gasteiger partial charge in [0.05, 0.1) is 5.69 Å². The van der Waals surface area contributed by atoms with Crippen LogP contribution in [0.4, 0.5) is 5.69 Å². The molecule has 0 aliphatic heterocycles. The van der Waals surface area contributed by atoms with Crippen LogP contribution in [-0.4, -0.2) is 5.91 Å². The Morgan fingerprint density at radius 1 is 1.21 bits per heavy atom. The first kappa shape index (κ1) is 13.0. The van der Waals surface area contributed by atoms with Crippen molar-refractivity contribution < 1.29 is 9.53 Å². The van der Waals surface area contributed by atoms with Gasteiger partial charge in [0, 0.05) is 5.56 Å². The molecule has 0 atom stereocenters. The molecule has 0 bridgehead atoms. The highest BCUT2D eigenvalue weighted by molar-refractivity contribution is 5.93. The van der Waals surface area contributed by atoms with E-state index in [4.69, 9.17) is 16.2 Å². The van der Waals surface area contributed by atoms with Crippen LogP contribution in [0, 0.1) is 6.92 Å². The Hall–Kier alpha value is -2.49. The van der Waals surface area contributed by atoms with E-state index in [2.05, 4.69) is 0 Å². The van der Waals surface area contributed by atoms with Crippen molar-refractivity contribution in [2.45, 2.75) is 13.5 Å². The molecule has 1 amide bonds. The molecule has 0 radical (unpaired) electrons. The van der Waals surface area contributed by atoms with Gasteiger partial charge < -0.3 is 16.2 Å². The maximum atomic E-state index is 11.1. The summed E-state index contributed by atoms with van der Waals surface area (Å²) in [5, 5.41) is 0. The largest absolute Gasteiger partial charge is 0.487 e. The number of carbonyl (C=O) groups is 1. The van der Waals surface area contributed by atoms with Crippen LogP contribution in [0.1, 0.15) is 21.5 Å². The molecule has 4 N–H and O–H groups in total. The van der Waals surface area contributed by atoms with Gasteiger partial charge in [0.25, 0.3) is 0 Å². The Labute approximate surface area is 112 Å². The van der Waals surface area contributed by atoms with Gasteiger partial charge >= 0.3 is 0 Å². The smallest absolute Gasteiger partial charge is 0.248 e. The summed E-state index contributed by atoms with van der Waals surface area (Å²) < 4.78 is 5.64. The summed E-state index contributed by atoms with van der Waals surface area (Å²) in [7, 11) is 0. The maximum absolute atomic E-state index is 11.1. The van der Waals surface area contributed by atoms with Crippen molar-refractivity contribution in [3.8, 4) is 5.75 Å². The molecule has 19 heavy (non-hydrogen) atoms. The van der Waals surface area contributed by atoms with Gasteiger partial charge in [-0.15, -0.1) is 0 Å². The number of rotatable bonds is 4. The quantitative estimate of drug-likeness (QED) is 0.823. The summed E-state index contributed by atoms with van der Waals surface area (Å²) in [6, 6.07) is 12.8. The summed E-state index contributed by atoms with van der Waals surface area (Å²) in [4.78, 5) is 11.1. The average Bonchev–Trinajstić information content (AvgIpc) is 2.37. The van der Waals surface area contributed by atoms with E-state index in [0.717, 1.165) is 5.56 Å². The molecule has 2 aromatic rings. The van der Waals surface area contributed by atoms with Crippen LogP contribution in [0.3, 0.4) is 0 Å². The second-order valence-corrected chi connectivity index (χ2v) is 4.39. The van der Waals surface area contributed by atoms with Crippen molar-refractivity contribution in [1.82, 2.24) is 0 Å². The second kappa shape index (κ2) is 5.44. The van der Waals surface area contributed by atoms with Crippen LogP contribution in [0.5, 0.6) is 5.75 Å². The summed E-state index contributed by atoms with van der Waals surface area (Å²) in [5.74, 6) is -0.0294. The molecule has 0 spiro atoms. The van der Waals surface area contributed by atoms with E-state index in [-0.39, 0.29) is 0 Å². The van der Waals surface area contributed by atoms with Crippen molar-refractivity contribution in [2.24, 2.45) is 5.73 Å². The van der Waals surface area contributed by atoms with Gasteiger partial charge in [-0.25, -0.2) is 0 Å². The molecule has 98 valence electrons. The minimum atomic E-state index is -0.500. The number of ether oxygens (including phenoxy) is 1. The van der Waals surface area contributed by atoms with E-state index in [1.807, 2.05) is 31.2 Å². The summed E-state index contributed by atoms with van der Waals surface area (Å²) in [6.07, 6.45) is 0. The molecule has 0 aliphatic carbocycles. The fourth-order valence-corrected chi connectivity index (χ4v) is 1.78. The number of hydrogen-bond donors (Lipinski definition) is 2. The van der Waals surface area contributed by atoms with E-state index in [1.165, 1.54) is 5.56 Å². The molecule has 2 aromatic carbocycles. The molecule has 0 saturated heterocycles. The van der Waals surface area contributed by atoms with Gasteiger partial charge in [0.2, 0.25) is 5.91 Å². The van der Waals surface area contributed by atoms with E-state index < -0.39 is 5.91 Å². The van der Waals surface area contributed by atoms with Crippen molar-refractivity contribution in [3.05, 3.63) is 59.2 Å². The second-order valence-electron chi connectivity index (χ2n) is 4.39. The number of aryl methyl sites for hydroxylation is 1. The standard InChI is InChI=1S/C15H16N2O2/c1-10-3-2-4-11(7-10)9-19-14-8-12(15(17)18)5-6-13(14)16/h2-8H,9,16H2,1H3,(H2,17,18). The lowest BCUT2D eigenvalue weighted by atomic mass is 10.1. The van der Waals surface area contributed by atoms with Crippen LogP contribution in [0.25, 0.3) is 0 Å². The number of anilines is 1. The molecule has 0 fully saturated rings. The van der Waals surface area contributed by atoms with Crippen LogP contribution >= 0.6 is 0 Å². The van der Waals surface area contributed by atoms with E-state index >= 15 is 0 Å². The number of carbonyl (C=O) groups excluding carboxylic acids is 1. The first-order valence-electron chi connectivity index (χ1n) is 5.94. The fraction of sp³-hybridized carbons (Fsp3) is 0.133. The molecule has 4 heteroatoms. The predicted molar refractivity (Wildman–Crippen MR) is 74.9 cm³/mol. The maximum Gasteiger partial charge on any atom is 0.248 e. The molecule has 2 rings (SSSR count). The van der Waals surface area contributed by atoms with E-state index in [0.29, 0.717) is 23.6 Å². The molecule has 0 aliphatic rings. The SMILES string of the molecule is Cc1cccc(COc2cc(C(N)=O)ccc2N)c1. The first-order chi connectivity index (χ1) is 9.06. The molecular formula is C15H16N2O2. The van der Waals surface area contributed by atoms with Gasteiger partial charge in [-0.05, 0) is 30.7 Å². The third-order valence-corrected chi connectivity index (χ3v) is 2.77. The number of benzene rings is 2. The zero-order chi connectivity index (χ0) is 13.8. The Morgan fingerprint density at radius 2 is 2.00 bits per heavy atom. The highest BCUT2D eigenvalue weighted by Crippen LogP contribution is 2.23. The van der Waals surface area contributed by atoms with Crippen LogP contribution in [0.15, 0.2) is 42.5 Å². The number of nitrogens with two attached hydrogens (primary N) is 2. The van der Waals surface area contributed by atoms with Crippen LogP contribution < -0.4 is 16.2 Å². The minimum absolute atomic E-state index is 0.383. The van der Waals surface area contributed by atoms with Crippen molar-refractivity contribution in [2.75, 3.05) is 5.73 Å². The van der Waals surface area contributed by atoms with Crippen LogP contribution in [0.2, 0.25) is 0 Å². The third kappa shape index (κ3) is 3.25. The van der Waals surface area contributed by atoms with E-state index in [1.54, 1.807) is 18.2 Å². The number of primary amides is 1. The van der Waals surface area contributed by atoms with Crippen molar-refractivity contribution in [3.63, 3.8) is 0 Å². The predicted octanol–water partition coefficient (Wildman–Crippen LogP) is 2.26. The average molecular weight is 256 g/mol. The summed E-state index contributed by atoms with van der Waals surface area (Å²) in [5.41, 5.74) is 14.1. The highest BCUT2D eigenvalue weighted by atomic mass is 16.5. The monoisotopic (exact) mass is 256 g/mol. The van der Waals surface area contributed by atoms with E-state index in [9.17, 15) is 4.79 Å². The Bertz CT molecular complexity index is 609. The molecule has 0 heterocycles. The molecular weight excluding hydrogens is 240 g/mol. The van der Waals surface area contributed by atoms with Gasteiger partial charge in [-0.3, -0.25) is 4.79 Å². The Kier molecular flexibility index (Phi) is 3.71. The van der Waals surface area contributed by atoms with Gasteiger partial charge in [0.1, 0.15) is 12.4 Å². The third-order valence-electron chi connectivity index (χ3n) is 2.77. The Balaban J connectivity index is 2.15. The molecule has 0 unspecified atom stereocenters. The normalized spacial score (nSPS) is 10.2. The molecule has 0 aromatic heterocycles. The fourth-order valence-electron chi connectivity index (χ4n) is 1.78. The first-order valence-corrected chi connectivity index (χ1v) is 5.94. The lowest BCUT2D eigenvalue weighted by molar-refractivity contribution is 0.1000. The summed E-state index contributed by atoms with van der Waals surface area (Å²) in [6.45, 7) is 2.42. The zero-order valence-electron chi connectivity index (χ0n) is 10.7. The topological polar surface area (TPSA) is 78.3 Å². The van der Waals surface area contributed by atoms with Crippen molar-refractivity contribution >= 4 is 11.6 Å². The van der Waals surface area contributed by atoms with Gasteiger partial charge in [-0.1, -0.05) is 29.8 Å². The lowest BCUT2D eigenvalue weighted by Gasteiger charge is -2.10. The zero-order valence-corrected chi connectivity index (χ0v) is 10.7. The van der Waals surface area contributed by atoms with Gasteiger partial charge in [0.15, 0.2) is 0 Å². The minimum Gasteiger partial charge on any atom is -0.487 e. The van der Waals surface area contributed by atoms with Gasteiger partial charge in [-0.2, -0.15) is 0 Å². The lowest BCUT2D eigenvalue weighted by Crippen LogP contribution is -2.11. The summed E-state index contributed by atoms with van der Waals surface area (Å²) >= 11 is 0. The number of nitrogen functional groups attached to an aromatic ring is 1.